The normalized spacial score (nSPS) is 32.3. The third kappa shape index (κ3) is 2.53. The Kier molecular flexibility index (Phi) is 3.44. The summed E-state index contributed by atoms with van der Waals surface area (Å²) in [6.45, 7) is 5.20. The fourth-order valence-electron chi connectivity index (χ4n) is 3.55. The summed E-state index contributed by atoms with van der Waals surface area (Å²) in [5.41, 5.74) is 3.31. The Morgan fingerprint density at radius 3 is 2.27 bits per heavy atom. The van der Waals surface area contributed by atoms with E-state index in [9.17, 15) is 9.00 Å². The molecule has 3 fully saturated rings. The lowest BCUT2D eigenvalue weighted by Crippen LogP contribution is -2.49. The largest absolute Gasteiger partial charge is 0.361 e. The highest BCUT2D eigenvalue weighted by atomic mass is 32.2. The van der Waals surface area contributed by atoms with Crippen LogP contribution in [0.15, 0.2) is 6.07 Å². The van der Waals surface area contributed by atoms with Crippen molar-refractivity contribution in [3.05, 3.63) is 23.0 Å². The Morgan fingerprint density at radius 1 is 1.14 bits per heavy atom. The molecule has 1 aromatic rings. The Labute approximate surface area is 134 Å². The van der Waals surface area contributed by atoms with E-state index in [1.807, 2.05) is 18.7 Å². The molecule has 1 aromatic heterocycles. The minimum atomic E-state index is -0.819. The maximum absolute atomic E-state index is 13.0. The first kappa shape index (κ1) is 14.5. The number of amides is 1. The minimum absolute atomic E-state index is 0.0684. The van der Waals surface area contributed by atoms with Gasteiger partial charge < -0.3 is 9.88 Å². The molecule has 22 heavy (non-hydrogen) atoms. The third-order valence-electron chi connectivity index (χ3n) is 5.14. The van der Waals surface area contributed by atoms with Gasteiger partial charge in [0.15, 0.2) is 0 Å². The second-order valence-corrected chi connectivity index (χ2v) is 9.53. The second kappa shape index (κ2) is 5.22. The summed E-state index contributed by atoms with van der Waals surface area (Å²) in [5.74, 6) is 1.34. The average Bonchev–Trinajstić information content (AvgIpc) is 3.41. The summed E-state index contributed by atoms with van der Waals surface area (Å²) < 4.78 is 12.1. The third-order valence-corrected chi connectivity index (χ3v) is 7.02. The van der Waals surface area contributed by atoms with Crippen LogP contribution in [-0.4, -0.2) is 43.6 Å². The van der Waals surface area contributed by atoms with Crippen LogP contribution >= 0.6 is 0 Å². The van der Waals surface area contributed by atoms with Crippen molar-refractivity contribution >= 4 is 16.7 Å². The summed E-state index contributed by atoms with van der Waals surface area (Å²) in [6, 6.07) is 2.11. The van der Waals surface area contributed by atoms with E-state index in [4.69, 9.17) is 0 Å². The summed E-state index contributed by atoms with van der Waals surface area (Å²) in [5, 5.41) is 0.137. The first-order chi connectivity index (χ1) is 10.5. The van der Waals surface area contributed by atoms with Gasteiger partial charge in [-0.15, -0.1) is 0 Å². The Balaban J connectivity index is 1.60. The van der Waals surface area contributed by atoms with Crippen LogP contribution in [-0.2, 0) is 10.8 Å². The van der Waals surface area contributed by atoms with Crippen molar-refractivity contribution in [3.8, 4) is 0 Å². The molecule has 4 rings (SSSR count). The molecule has 0 spiro atoms. The van der Waals surface area contributed by atoms with Crippen LogP contribution in [0.4, 0.5) is 0 Å². The van der Waals surface area contributed by atoms with Gasteiger partial charge in [-0.2, -0.15) is 0 Å². The molecule has 0 radical (unpaired) electrons. The number of carbonyl (C=O) groups excluding carboxylic acids is 1. The zero-order chi connectivity index (χ0) is 15.4. The number of H-pyrrole nitrogens is 1. The summed E-state index contributed by atoms with van der Waals surface area (Å²) in [4.78, 5) is 18.5. The van der Waals surface area contributed by atoms with Gasteiger partial charge in [-0.05, 0) is 57.4 Å². The number of carbonyl (C=O) groups is 1. The molecule has 1 saturated heterocycles. The lowest BCUT2D eigenvalue weighted by atomic mass is 10.1. The van der Waals surface area contributed by atoms with Gasteiger partial charge in [0, 0.05) is 45.8 Å². The van der Waals surface area contributed by atoms with E-state index in [2.05, 4.69) is 11.1 Å². The van der Waals surface area contributed by atoms with Gasteiger partial charge >= 0.3 is 0 Å². The standard InChI is InChI=1S/C17H24N2O2S/c1-10-8-19(9-11(2)22(10)21)17(20)14-7-15(12-3-4-12)18-16(14)13-5-6-13/h7,10-13,18H,3-6,8-9H2,1-2H3. The van der Waals surface area contributed by atoms with E-state index < -0.39 is 10.8 Å². The van der Waals surface area contributed by atoms with Gasteiger partial charge in [-0.1, -0.05) is 0 Å². The molecule has 2 atom stereocenters. The number of aromatic amines is 1. The summed E-state index contributed by atoms with van der Waals surface area (Å²) in [6.07, 6.45) is 4.88. The van der Waals surface area contributed by atoms with E-state index in [0.29, 0.717) is 24.9 Å². The molecule has 2 aliphatic carbocycles. The second-order valence-electron chi connectivity index (χ2n) is 7.26. The molecule has 2 heterocycles. The zero-order valence-electron chi connectivity index (χ0n) is 13.3. The maximum Gasteiger partial charge on any atom is 0.255 e. The quantitative estimate of drug-likeness (QED) is 0.931. The van der Waals surface area contributed by atoms with Crippen LogP contribution in [0.2, 0.25) is 0 Å². The van der Waals surface area contributed by atoms with Crippen molar-refractivity contribution in [2.24, 2.45) is 0 Å². The number of hydrogen-bond acceptors (Lipinski definition) is 2. The van der Waals surface area contributed by atoms with Gasteiger partial charge in [-0.3, -0.25) is 9.00 Å². The summed E-state index contributed by atoms with van der Waals surface area (Å²) >= 11 is 0. The lowest BCUT2D eigenvalue weighted by molar-refractivity contribution is 0.0750. The van der Waals surface area contributed by atoms with Crippen LogP contribution < -0.4 is 0 Å². The first-order valence-corrected chi connectivity index (χ1v) is 9.73. The number of hydrogen-bond donors (Lipinski definition) is 1. The molecule has 0 bridgehead atoms. The van der Waals surface area contributed by atoms with Gasteiger partial charge in [0.05, 0.1) is 5.56 Å². The van der Waals surface area contributed by atoms with Crippen LogP contribution in [0.5, 0.6) is 0 Å². The predicted molar refractivity (Wildman–Crippen MR) is 87.7 cm³/mol. The molecule has 3 aliphatic rings. The fourth-order valence-corrected chi connectivity index (χ4v) is 5.00. The molecule has 0 aromatic carbocycles. The lowest BCUT2D eigenvalue weighted by Gasteiger charge is -2.34. The Hall–Kier alpha value is -1.10. The van der Waals surface area contributed by atoms with E-state index in [0.717, 1.165) is 5.56 Å². The van der Waals surface area contributed by atoms with E-state index in [-0.39, 0.29) is 16.4 Å². The van der Waals surface area contributed by atoms with Crippen LogP contribution in [0.1, 0.15) is 73.1 Å². The van der Waals surface area contributed by atoms with Gasteiger partial charge in [0.25, 0.3) is 5.91 Å². The van der Waals surface area contributed by atoms with Crippen LogP contribution in [0, 0.1) is 0 Å². The molecule has 1 aliphatic heterocycles. The highest BCUT2D eigenvalue weighted by molar-refractivity contribution is 7.86. The van der Waals surface area contributed by atoms with Gasteiger partial charge in [0.1, 0.15) is 0 Å². The monoisotopic (exact) mass is 320 g/mol. The maximum atomic E-state index is 13.0. The fraction of sp³-hybridized carbons (Fsp3) is 0.706. The molecule has 2 unspecified atom stereocenters. The molecular weight excluding hydrogens is 296 g/mol. The molecule has 2 saturated carbocycles. The zero-order valence-corrected chi connectivity index (χ0v) is 14.1. The Morgan fingerprint density at radius 2 is 1.73 bits per heavy atom. The molecule has 1 amide bonds. The van der Waals surface area contributed by atoms with Crippen molar-refractivity contribution in [3.63, 3.8) is 0 Å². The van der Waals surface area contributed by atoms with Gasteiger partial charge in [-0.25, -0.2) is 0 Å². The predicted octanol–water partition coefficient (Wildman–Crippen LogP) is 2.75. The number of rotatable bonds is 3. The molecular formula is C17H24N2O2S. The van der Waals surface area contributed by atoms with E-state index in [1.165, 1.54) is 37.1 Å². The number of nitrogens with one attached hydrogen (secondary N) is 1. The van der Waals surface area contributed by atoms with E-state index in [1.54, 1.807) is 0 Å². The van der Waals surface area contributed by atoms with Crippen molar-refractivity contribution < 1.29 is 9.00 Å². The number of aromatic nitrogens is 1. The average molecular weight is 320 g/mol. The van der Waals surface area contributed by atoms with Crippen LogP contribution in [0.3, 0.4) is 0 Å². The van der Waals surface area contributed by atoms with Crippen molar-refractivity contribution in [1.29, 1.82) is 0 Å². The van der Waals surface area contributed by atoms with Crippen molar-refractivity contribution in [2.75, 3.05) is 13.1 Å². The summed E-state index contributed by atoms with van der Waals surface area (Å²) in [7, 11) is -0.819. The molecule has 4 nitrogen and oxygen atoms in total. The Bertz CT molecular complexity index is 617. The van der Waals surface area contributed by atoms with Gasteiger partial charge in [0.2, 0.25) is 0 Å². The topological polar surface area (TPSA) is 53.2 Å². The molecule has 1 N–H and O–H groups in total. The van der Waals surface area contributed by atoms with Crippen molar-refractivity contribution in [1.82, 2.24) is 9.88 Å². The highest BCUT2D eigenvalue weighted by Gasteiger charge is 2.37. The number of nitrogens with zero attached hydrogens (tertiary/aromatic N) is 1. The molecule has 120 valence electrons. The smallest absolute Gasteiger partial charge is 0.255 e. The molecule has 5 heteroatoms. The van der Waals surface area contributed by atoms with Crippen molar-refractivity contribution in [2.45, 2.75) is 61.9 Å². The SMILES string of the molecule is CC1CN(C(=O)c2cc(C3CC3)[nH]c2C2CC2)CC(C)S1=O. The minimum Gasteiger partial charge on any atom is -0.361 e. The van der Waals surface area contributed by atoms with E-state index >= 15 is 0 Å². The highest BCUT2D eigenvalue weighted by Crippen LogP contribution is 2.45. The first-order valence-electron chi connectivity index (χ1n) is 8.46. The van der Waals surface area contributed by atoms with Crippen LogP contribution in [0.25, 0.3) is 0 Å².